The maximum atomic E-state index is 12.4. The maximum absolute atomic E-state index is 12.4. The quantitative estimate of drug-likeness (QED) is 0.791. The van der Waals surface area contributed by atoms with Crippen LogP contribution in [0.2, 0.25) is 0 Å². The highest BCUT2D eigenvalue weighted by molar-refractivity contribution is 5.94. The third-order valence-electron chi connectivity index (χ3n) is 4.42. The molecule has 4 rings (SSSR count). The molecule has 0 saturated heterocycles. The Hall–Kier alpha value is -3.08. The fraction of sp³-hybridized carbons (Fsp3) is 0.200. The number of fused-ring (bicyclic) bond motifs is 1. The van der Waals surface area contributed by atoms with E-state index in [1.807, 2.05) is 67.7 Å². The largest absolute Gasteiger partial charge is 0.494 e. The van der Waals surface area contributed by atoms with Crippen molar-refractivity contribution >= 4 is 11.7 Å². The molecule has 0 fully saturated rings. The first-order chi connectivity index (χ1) is 12.3. The molecule has 0 radical (unpaired) electrons. The number of anilines is 1. The minimum atomic E-state index is -0.0658. The van der Waals surface area contributed by atoms with Crippen LogP contribution >= 0.6 is 0 Å². The standard InChI is InChI=1S/C20H19N3O2/c1-2-25-18-11-7-6-10-15(18)16-12-19(24)22-20-17(16)13-21-23(20)14-8-4-3-5-9-14/h3-11,13,16H,2,12H2,1H3,(H,22,24)/t16-/m0/s1. The van der Waals surface area contributed by atoms with E-state index in [1.54, 1.807) is 4.68 Å². The monoisotopic (exact) mass is 333 g/mol. The zero-order valence-corrected chi connectivity index (χ0v) is 14.0. The molecule has 0 saturated carbocycles. The van der Waals surface area contributed by atoms with E-state index in [1.165, 1.54) is 0 Å². The number of rotatable bonds is 4. The summed E-state index contributed by atoms with van der Waals surface area (Å²) < 4.78 is 7.55. The van der Waals surface area contributed by atoms with Gasteiger partial charge in [0.2, 0.25) is 5.91 Å². The highest BCUT2D eigenvalue weighted by atomic mass is 16.5. The smallest absolute Gasteiger partial charge is 0.226 e. The second kappa shape index (κ2) is 6.43. The summed E-state index contributed by atoms with van der Waals surface area (Å²) in [6.07, 6.45) is 2.23. The van der Waals surface area contributed by atoms with Crippen LogP contribution in [0.3, 0.4) is 0 Å². The molecule has 0 bridgehead atoms. The molecule has 1 aliphatic rings. The summed E-state index contributed by atoms with van der Waals surface area (Å²) in [5.41, 5.74) is 2.95. The minimum absolute atomic E-state index is 0.0125. The zero-order valence-electron chi connectivity index (χ0n) is 14.0. The number of nitrogens with zero attached hydrogens (tertiary/aromatic N) is 2. The van der Waals surface area contributed by atoms with Crippen LogP contribution in [0.1, 0.15) is 30.4 Å². The molecule has 3 aromatic rings. The van der Waals surface area contributed by atoms with Crippen LogP contribution in [0.15, 0.2) is 60.8 Å². The van der Waals surface area contributed by atoms with E-state index in [0.717, 1.165) is 28.4 Å². The van der Waals surface area contributed by atoms with Gasteiger partial charge in [0, 0.05) is 23.5 Å². The lowest BCUT2D eigenvalue weighted by Gasteiger charge is -2.25. The number of carbonyl (C=O) groups is 1. The number of benzene rings is 2. The lowest BCUT2D eigenvalue weighted by Crippen LogP contribution is -2.24. The van der Waals surface area contributed by atoms with Crippen molar-refractivity contribution in [2.75, 3.05) is 11.9 Å². The van der Waals surface area contributed by atoms with Crippen LogP contribution in [0.4, 0.5) is 5.82 Å². The van der Waals surface area contributed by atoms with Gasteiger partial charge in [-0.1, -0.05) is 36.4 Å². The van der Waals surface area contributed by atoms with Gasteiger partial charge < -0.3 is 10.1 Å². The van der Waals surface area contributed by atoms with Crippen LogP contribution in [0.25, 0.3) is 5.69 Å². The van der Waals surface area contributed by atoms with E-state index in [-0.39, 0.29) is 11.8 Å². The van der Waals surface area contributed by atoms with Crippen molar-refractivity contribution in [2.45, 2.75) is 19.3 Å². The summed E-state index contributed by atoms with van der Waals surface area (Å²) in [6.45, 7) is 2.55. The van der Waals surface area contributed by atoms with Crippen molar-refractivity contribution in [2.24, 2.45) is 0 Å². The SMILES string of the molecule is CCOc1ccccc1[C@@H]1CC(=O)Nc2c1cnn2-c1ccccc1. The highest BCUT2D eigenvalue weighted by Gasteiger charge is 2.31. The van der Waals surface area contributed by atoms with Crippen LogP contribution in [-0.4, -0.2) is 22.3 Å². The molecular formula is C20H19N3O2. The first-order valence-electron chi connectivity index (χ1n) is 8.43. The topological polar surface area (TPSA) is 56.1 Å². The van der Waals surface area contributed by atoms with Gasteiger partial charge in [0.05, 0.1) is 18.5 Å². The van der Waals surface area contributed by atoms with Gasteiger partial charge in [0.25, 0.3) is 0 Å². The van der Waals surface area contributed by atoms with Gasteiger partial charge in [-0.25, -0.2) is 4.68 Å². The average molecular weight is 333 g/mol. The van der Waals surface area contributed by atoms with Crippen molar-refractivity contribution in [1.29, 1.82) is 0 Å². The molecule has 2 aromatic carbocycles. The third kappa shape index (κ3) is 2.78. The summed E-state index contributed by atoms with van der Waals surface area (Å²) >= 11 is 0. The van der Waals surface area contributed by atoms with Gasteiger partial charge in [-0.2, -0.15) is 5.10 Å². The third-order valence-corrected chi connectivity index (χ3v) is 4.42. The fourth-order valence-electron chi connectivity index (χ4n) is 3.32. The van der Waals surface area contributed by atoms with E-state index in [2.05, 4.69) is 10.4 Å². The Morgan fingerprint density at radius 3 is 2.68 bits per heavy atom. The molecule has 5 heteroatoms. The number of carbonyl (C=O) groups excluding carboxylic acids is 1. The average Bonchev–Trinajstić information content (AvgIpc) is 3.06. The van der Waals surface area contributed by atoms with Crippen molar-refractivity contribution < 1.29 is 9.53 Å². The van der Waals surface area contributed by atoms with E-state index < -0.39 is 0 Å². The Bertz CT molecular complexity index is 902. The predicted octanol–water partition coefficient (Wildman–Crippen LogP) is 3.75. The summed E-state index contributed by atoms with van der Waals surface area (Å²) in [5, 5.41) is 7.49. The first kappa shape index (κ1) is 15.4. The molecule has 5 nitrogen and oxygen atoms in total. The number of hydrogen-bond donors (Lipinski definition) is 1. The minimum Gasteiger partial charge on any atom is -0.494 e. The second-order valence-electron chi connectivity index (χ2n) is 5.97. The molecule has 1 aliphatic heterocycles. The molecule has 0 unspecified atom stereocenters. The van der Waals surface area contributed by atoms with Crippen molar-refractivity contribution in [1.82, 2.24) is 9.78 Å². The molecule has 2 heterocycles. The Morgan fingerprint density at radius 1 is 1.12 bits per heavy atom. The lowest BCUT2D eigenvalue weighted by molar-refractivity contribution is -0.116. The molecule has 1 amide bonds. The molecule has 1 N–H and O–H groups in total. The van der Waals surface area contributed by atoms with Crippen molar-refractivity contribution in [3.8, 4) is 11.4 Å². The van der Waals surface area contributed by atoms with Crippen molar-refractivity contribution in [3.05, 3.63) is 71.9 Å². The van der Waals surface area contributed by atoms with Crippen LogP contribution in [0, 0.1) is 0 Å². The Labute approximate surface area is 146 Å². The zero-order chi connectivity index (χ0) is 17.2. The number of hydrogen-bond acceptors (Lipinski definition) is 3. The number of ether oxygens (including phenoxy) is 1. The van der Waals surface area contributed by atoms with Crippen LogP contribution in [-0.2, 0) is 4.79 Å². The molecule has 126 valence electrons. The van der Waals surface area contributed by atoms with Crippen molar-refractivity contribution in [3.63, 3.8) is 0 Å². The van der Waals surface area contributed by atoms with Gasteiger partial charge in [-0.15, -0.1) is 0 Å². The molecule has 25 heavy (non-hydrogen) atoms. The van der Waals surface area contributed by atoms with Crippen LogP contribution in [0.5, 0.6) is 5.75 Å². The Balaban J connectivity index is 1.82. The summed E-state index contributed by atoms with van der Waals surface area (Å²) in [6, 6.07) is 17.7. The molecule has 1 aromatic heterocycles. The Morgan fingerprint density at radius 2 is 1.88 bits per heavy atom. The second-order valence-corrected chi connectivity index (χ2v) is 5.97. The van der Waals surface area contributed by atoms with E-state index in [0.29, 0.717) is 13.0 Å². The Kier molecular flexibility index (Phi) is 3.98. The number of aromatic nitrogens is 2. The van der Waals surface area contributed by atoms with Gasteiger partial charge in [0.1, 0.15) is 11.6 Å². The number of nitrogens with one attached hydrogen (secondary N) is 1. The molecular weight excluding hydrogens is 314 g/mol. The van der Waals surface area contributed by atoms with Gasteiger partial charge in [0.15, 0.2) is 0 Å². The summed E-state index contributed by atoms with van der Waals surface area (Å²) in [4.78, 5) is 12.4. The van der Waals surface area contributed by atoms with Gasteiger partial charge in [-0.05, 0) is 25.1 Å². The maximum Gasteiger partial charge on any atom is 0.226 e. The number of para-hydroxylation sites is 2. The normalized spacial score (nSPS) is 16.2. The van der Waals surface area contributed by atoms with E-state index >= 15 is 0 Å². The van der Waals surface area contributed by atoms with Gasteiger partial charge >= 0.3 is 0 Å². The first-order valence-corrected chi connectivity index (χ1v) is 8.43. The van der Waals surface area contributed by atoms with Crippen LogP contribution < -0.4 is 10.1 Å². The van der Waals surface area contributed by atoms with E-state index in [9.17, 15) is 4.79 Å². The molecule has 1 atom stereocenters. The predicted molar refractivity (Wildman–Crippen MR) is 96.3 cm³/mol. The summed E-state index contributed by atoms with van der Waals surface area (Å²) in [5.74, 6) is 1.48. The van der Waals surface area contributed by atoms with Gasteiger partial charge in [-0.3, -0.25) is 4.79 Å². The number of amides is 1. The summed E-state index contributed by atoms with van der Waals surface area (Å²) in [7, 11) is 0. The lowest BCUT2D eigenvalue weighted by atomic mass is 9.87. The molecule has 0 aliphatic carbocycles. The van der Waals surface area contributed by atoms with E-state index in [4.69, 9.17) is 4.74 Å². The fourth-order valence-corrected chi connectivity index (χ4v) is 3.32. The molecule has 0 spiro atoms. The highest BCUT2D eigenvalue weighted by Crippen LogP contribution is 2.41.